The van der Waals surface area contributed by atoms with E-state index in [2.05, 4.69) is 15.3 Å². The molecule has 9 heteroatoms. The molecule has 1 aliphatic heterocycles. The Hall–Kier alpha value is -2.38. The van der Waals surface area contributed by atoms with Gasteiger partial charge in [0, 0.05) is 43.1 Å². The van der Waals surface area contributed by atoms with Gasteiger partial charge in [-0.3, -0.25) is 19.3 Å². The van der Waals surface area contributed by atoms with Crippen molar-refractivity contribution in [2.45, 2.75) is 6.42 Å². The van der Waals surface area contributed by atoms with Gasteiger partial charge in [0.1, 0.15) is 0 Å². The lowest BCUT2D eigenvalue weighted by atomic mass is 10.3. The number of carbonyl (C=O) groups is 3. The van der Waals surface area contributed by atoms with Crippen molar-refractivity contribution in [3.05, 3.63) is 22.6 Å². The average molecular weight is 281 g/mol. The van der Waals surface area contributed by atoms with Crippen LogP contribution in [0.15, 0.2) is 17.3 Å². The largest absolute Gasteiger partial charge is 0.379 e. The monoisotopic (exact) mass is 281 g/mol. The summed E-state index contributed by atoms with van der Waals surface area (Å²) >= 11 is 0. The van der Waals surface area contributed by atoms with Crippen molar-refractivity contribution in [1.82, 2.24) is 10.2 Å². The molecule has 1 N–H and O–H groups in total. The number of azide groups is 1. The quantitative estimate of drug-likeness (QED) is 0.205. The van der Waals surface area contributed by atoms with Crippen LogP contribution in [0.5, 0.6) is 0 Å². The van der Waals surface area contributed by atoms with Crippen LogP contribution in [0.3, 0.4) is 0 Å². The van der Waals surface area contributed by atoms with Gasteiger partial charge in [0.25, 0.3) is 11.8 Å². The lowest BCUT2D eigenvalue weighted by Crippen LogP contribution is -2.35. The number of amides is 3. The summed E-state index contributed by atoms with van der Waals surface area (Å²) in [5.41, 5.74) is 8.02. The number of hydrogen-bond acceptors (Lipinski definition) is 5. The van der Waals surface area contributed by atoms with Crippen LogP contribution in [0, 0.1) is 0 Å². The number of ether oxygens (including phenoxy) is 1. The highest BCUT2D eigenvalue weighted by atomic mass is 16.5. The topological polar surface area (TPSA) is 124 Å². The fourth-order valence-corrected chi connectivity index (χ4v) is 1.47. The van der Waals surface area contributed by atoms with E-state index < -0.39 is 11.8 Å². The first kappa shape index (κ1) is 15.7. The third kappa shape index (κ3) is 5.51. The number of nitrogens with one attached hydrogen (secondary N) is 1. The highest BCUT2D eigenvalue weighted by molar-refractivity contribution is 6.13. The zero-order chi connectivity index (χ0) is 14.8. The predicted octanol–water partition coefficient (Wildman–Crippen LogP) is -0.255. The van der Waals surface area contributed by atoms with Gasteiger partial charge in [-0.2, -0.15) is 0 Å². The lowest BCUT2D eigenvalue weighted by Gasteiger charge is -2.13. The van der Waals surface area contributed by atoms with Gasteiger partial charge in [-0.25, -0.2) is 0 Å². The molecular weight excluding hydrogens is 266 g/mol. The summed E-state index contributed by atoms with van der Waals surface area (Å²) in [5.74, 6) is -1.07. The summed E-state index contributed by atoms with van der Waals surface area (Å²) < 4.78 is 5.09. The van der Waals surface area contributed by atoms with Crippen molar-refractivity contribution in [3.8, 4) is 0 Å². The Balaban J connectivity index is 2.05. The van der Waals surface area contributed by atoms with Gasteiger partial charge in [0.05, 0.1) is 13.2 Å². The number of imide groups is 1. The second-order valence-electron chi connectivity index (χ2n) is 3.83. The molecule has 0 radical (unpaired) electrons. The van der Waals surface area contributed by atoms with Gasteiger partial charge < -0.3 is 10.1 Å². The van der Waals surface area contributed by atoms with Crippen LogP contribution in [-0.4, -0.2) is 55.5 Å². The maximum Gasteiger partial charge on any atom is 0.253 e. The first-order chi connectivity index (χ1) is 9.65. The predicted molar refractivity (Wildman–Crippen MR) is 68.3 cm³/mol. The highest BCUT2D eigenvalue weighted by Gasteiger charge is 2.23. The van der Waals surface area contributed by atoms with Crippen LogP contribution < -0.4 is 5.32 Å². The van der Waals surface area contributed by atoms with Crippen molar-refractivity contribution < 1.29 is 19.1 Å². The van der Waals surface area contributed by atoms with Crippen LogP contribution in [0.25, 0.3) is 10.4 Å². The molecule has 1 rings (SSSR count). The molecule has 0 aromatic heterocycles. The molecule has 0 spiro atoms. The van der Waals surface area contributed by atoms with Gasteiger partial charge in [0.15, 0.2) is 0 Å². The molecule has 108 valence electrons. The molecule has 1 heterocycles. The summed E-state index contributed by atoms with van der Waals surface area (Å²) in [6.45, 7) is 1.22. The minimum Gasteiger partial charge on any atom is -0.379 e. The molecule has 0 saturated carbocycles. The molecule has 1 aliphatic rings. The molecule has 0 aliphatic carbocycles. The first-order valence-corrected chi connectivity index (χ1v) is 6.04. The smallest absolute Gasteiger partial charge is 0.253 e. The summed E-state index contributed by atoms with van der Waals surface area (Å²) in [6.07, 6.45) is 2.41. The molecule has 0 bridgehead atoms. The standard InChI is InChI=1S/C11H15N5O4/c12-15-14-5-8-20-7-4-13-9(17)3-6-16-10(18)1-2-11(16)19/h1-2H,3-8H2,(H,13,17). The zero-order valence-electron chi connectivity index (χ0n) is 10.8. The van der Waals surface area contributed by atoms with E-state index in [0.717, 1.165) is 4.90 Å². The van der Waals surface area contributed by atoms with Crippen LogP contribution in [0.1, 0.15) is 6.42 Å². The first-order valence-electron chi connectivity index (χ1n) is 6.04. The van der Waals surface area contributed by atoms with E-state index in [1.165, 1.54) is 12.2 Å². The van der Waals surface area contributed by atoms with Gasteiger partial charge in [-0.05, 0) is 5.53 Å². The summed E-state index contributed by atoms with van der Waals surface area (Å²) in [4.78, 5) is 37.5. The Labute approximate surface area is 115 Å². The normalized spacial score (nSPS) is 13.5. The highest BCUT2D eigenvalue weighted by Crippen LogP contribution is 2.03. The molecule has 3 amide bonds. The Morgan fingerprint density at radius 1 is 1.35 bits per heavy atom. The molecule has 0 fully saturated rings. The van der Waals surface area contributed by atoms with Gasteiger partial charge in [-0.15, -0.1) is 0 Å². The number of nitrogens with zero attached hydrogens (tertiary/aromatic N) is 4. The third-order valence-corrected chi connectivity index (χ3v) is 2.43. The van der Waals surface area contributed by atoms with Crippen LogP contribution in [0.4, 0.5) is 0 Å². The fraction of sp³-hybridized carbons (Fsp3) is 0.545. The maximum atomic E-state index is 11.4. The van der Waals surface area contributed by atoms with Crippen molar-refractivity contribution in [2.75, 3.05) is 32.8 Å². The van der Waals surface area contributed by atoms with Gasteiger partial charge in [0.2, 0.25) is 5.91 Å². The summed E-state index contributed by atoms with van der Waals surface area (Å²) in [6, 6.07) is 0. The number of rotatable bonds is 9. The minimum absolute atomic E-state index is 0.0535. The molecule has 20 heavy (non-hydrogen) atoms. The fourth-order valence-electron chi connectivity index (χ4n) is 1.47. The van der Waals surface area contributed by atoms with E-state index in [-0.39, 0.29) is 25.4 Å². The van der Waals surface area contributed by atoms with E-state index in [1.54, 1.807) is 0 Å². The third-order valence-electron chi connectivity index (χ3n) is 2.43. The van der Waals surface area contributed by atoms with Crippen molar-refractivity contribution in [1.29, 1.82) is 0 Å². The van der Waals surface area contributed by atoms with Gasteiger partial charge in [-0.1, -0.05) is 5.11 Å². The molecule has 0 unspecified atom stereocenters. The molecule has 9 nitrogen and oxygen atoms in total. The Morgan fingerprint density at radius 3 is 2.70 bits per heavy atom. The average Bonchev–Trinajstić information content (AvgIpc) is 2.75. The van der Waals surface area contributed by atoms with E-state index in [9.17, 15) is 14.4 Å². The van der Waals surface area contributed by atoms with E-state index in [1.807, 2.05) is 0 Å². The van der Waals surface area contributed by atoms with Gasteiger partial charge >= 0.3 is 0 Å². The van der Waals surface area contributed by atoms with E-state index in [0.29, 0.717) is 19.8 Å². The second kappa shape index (κ2) is 8.68. The SMILES string of the molecule is [N-]=[N+]=NCCOCCNC(=O)CCN1C(=O)C=CC1=O. The van der Waals surface area contributed by atoms with Crippen molar-refractivity contribution >= 4 is 17.7 Å². The molecular formula is C11H15N5O4. The van der Waals surface area contributed by atoms with Crippen molar-refractivity contribution in [2.24, 2.45) is 5.11 Å². The van der Waals surface area contributed by atoms with Crippen molar-refractivity contribution in [3.63, 3.8) is 0 Å². The summed E-state index contributed by atoms with van der Waals surface area (Å²) in [7, 11) is 0. The van der Waals surface area contributed by atoms with Crippen LogP contribution in [-0.2, 0) is 19.1 Å². The van der Waals surface area contributed by atoms with E-state index >= 15 is 0 Å². The molecule has 0 saturated heterocycles. The Kier molecular flexibility index (Phi) is 6.80. The maximum absolute atomic E-state index is 11.4. The minimum atomic E-state index is -0.399. The Bertz CT molecular complexity index is 438. The van der Waals surface area contributed by atoms with Crippen LogP contribution >= 0.6 is 0 Å². The van der Waals surface area contributed by atoms with E-state index in [4.69, 9.17) is 10.3 Å². The molecule has 0 aromatic rings. The molecule has 0 aromatic carbocycles. The summed E-state index contributed by atoms with van der Waals surface area (Å²) in [5, 5.41) is 5.88. The Morgan fingerprint density at radius 2 is 2.05 bits per heavy atom. The zero-order valence-corrected chi connectivity index (χ0v) is 10.8. The number of hydrogen-bond donors (Lipinski definition) is 1. The molecule has 0 atom stereocenters. The second-order valence-corrected chi connectivity index (χ2v) is 3.83. The number of carbonyl (C=O) groups excluding carboxylic acids is 3. The lowest BCUT2D eigenvalue weighted by molar-refractivity contribution is -0.137. The van der Waals surface area contributed by atoms with Crippen LogP contribution in [0.2, 0.25) is 0 Å².